The Morgan fingerprint density at radius 3 is 2.90 bits per heavy atom. The van der Waals surface area contributed by atoms with E-state index in [9.17, 15) is 13.6 Å². The molecule has 256 valence electrons. The van der Waals surface area contributed by atoms with E-state index in [1.165, 1.54) is 12.1 Å². The number of carbonyl (C=O) groups excluding carboxylic acids is 1. The number of fused-ring (bicyclic) bond motifs is 3. The lowest BCUT2D eigenvalue weighted by Crippen LogP contribution is -2.47. The molecule has 49 heavy (non-hydrogen) atoms. The van der Waals surface area contributed by atoms with Crippen LogP contribution in [0.1, 0.15) is 46.0 Å². The van der Waals surface area contributed by atoms with Gasteiger partial charge in [-0.2, -0.15) is 9.97 Å². The maximum atomic E-state index is 14.9. The molecule has 0 aliphatic carbocycles. The standard InChI is InChI=1S/C35H37ClF2N8O2S/c1-5-23-24(11-14-46(23)25(47)6-2)45(7-3)33-21-16-41-28(20-9-10-22(38)31-26(20)30(40-4)32(39)49-31)27(36)29(21)42-34(43-33)48-18-35-12-8-13-44(35)17-19(37)15-35/h6,9-10,16,19,23-24H,2,5,7-8,11-15,17-18,39H2,1,3H3. The van der Waals surface area contributed by atoms with Crippen molar-refractivity contribution >= 4 is 66.3 Å². The van der Waals surface area contributed by atoms with Crippen molar-refractivity contribution in [2.75, 3.05) is 43.4 Å². The number of benzene rings is 1. The highest BCUT2D eigenvalue weighted by atomic mass is 35.5. The highest BCUT2D eigenvalue weighted by molar-refractivity contribution is 7.23. The molecule has 0 spiro atoms. The van der Waals surface area contributed by atoms with Crippen molar-refractivity contribution in [2.45, 2.75) is 69.7 Å². The van der Waals surface area contributed by atoms with Crippen LogP contribution in [0.5, 0.6) is 6.01 Å². The Kier molecular flexibility index (Phi) is 8.83. The molecule has 0 radical (unpaired) electrons. The first-order chi connectivity index (χ1) is 23.6. The topological polar surface area (TPSA) is 105 Å². The van der Waals surface area contributed by atoms with Gasteiger partial charge in [0.25, 0.3) is 0 Å². The van der Waals surface area contributed by atoms with Crippen LogP contribution in [-0.2, 0) is 4.79 Å². The van der Waals surface area contributed by atoms with Gasteiger partial charge in [0.05, 0.1) is 50.0 Å². The van der Waals surface area contributed by atoms with Gasteiger partial charge in [0.2, 0.25) is 11.6 Å². The average molecular weight is 707 g/mol. The number of nitrogens with two attached hydrogens (primary N) is 1. The van der Waals surface area contributed by atoms with Crippen LogP contribution in [0, 0.1) is 12.4 Å². The number of nitrogen functional groups attached to an aromatic ring is 1. The van der Waals surface area contributed by atoms with E-state index in [4.69, 9.17) is 43.6 Å². The van der Waals surface area contributed by atoms with Gasteiger partial charge in [0.15, 0.2) is 0 Å². The van der Waals surface area contributed by atoms with Gasteiger partial charge in [-0.05, 0) is 51.3 Å². The van der Waals surface area contributed by atoms with Gasteiger partial charge in [-0.1, -0.05) is 31.2 Å². The normalized spacial score (nSPS) is 23.7. The van der Waals surface area contributed by atoms with Gasteiger partial charge < -0.3 is 20.3 Å². The largest absolute Gasteiger partial charge is 0.461 e. The molecule has 3 aromatic heterocycles. The van der Waals surface area contributed by atoms with Crippen molar-refractivity contribution in [3.63, 3.8) is 0 Å². The number of rotatable bonds is 9. The van der Waals surface area contributed by atoms with Gasteiger partial charge in [-0.15, -0.1) is 11.3 Å². The number of amides is 1. The molecule has 3 aliphatic heterocycles. The number of nitrogens with zero attached hydrogens (tertiary/aromatic N) is 7. The number of anilines is 2. The summed E-state index contributed by atoms with van der Waals surface area (Å²) in [5.74, 6) is -0.0472. The summed E-state index contributed by atoms with van der Waals surface area (Å²) in [6.07, 6.45) is 5.71. The predicted octanol–water partition coefficient (Wildman–Crippen LogP) is 7.18. The Morgan fingerprint density at radius 1 is 1.35 bits per heavy atom. The molecule has 1 amide bonds. The van der Waals surface area contributed by atoms with Crippen molar-refractivity contribution in [3.8, 4) is 17.3 Å². The maximum absolute atomic E-state index is 14.9. The molecule has 3 saturated heterocycles. The molecule has 7 rings (SSSR count). The summed E-state index contributed by atoms with van der Waals surface area (Å²) in [6, 6.07) is 2.81. The van der Waals surface area contributed by atoms with Gasteiger partial charge in [-0.3, -0.25) is 14.7 Å². The molecule has 4 aromatic rings. The second-order valence-corrected chi connectivity index (χ2v) is 14.4. The molecular weight excluding hydrogens is 670 g/mol. The summed E-state index contributed by atoms with van der Waals surface area (Å²) < 4.78 is 36.2. The summed E-state index contributed by atoms with van der Waals surface area (Å²) in [5, 5.41) is 1.31. The van der Waals surface area contributed by atoms with Crippen LogP contribution in [-0.4, -0.2) is 87.2 Å². The predicted molar refractivity (Wildman–Crippen MR) is 190 cm³/mol. The number of hydrogen-bond donors (Lipinski definition) is 1. The number of hydrogen-bond acceptors (Lipinski definition) is 9. The van der Waals surface area contributed by atoms with E-state index in [0.29, 0.717) is 59.4 Å². The molecule has 4 unspecified atom stereocenters. The molecule has 0 saturated carbocycles. The Balaban J connectivity index is 1.38. The van der Waals surface area contributed by atoms with Crippen molar-refractivity contribution in [1.82, 2.24) is 24.8 Å². The van der Waals surface area contributed by atoms with Crippen molar-refractivity contribution < 1.29 is 18.3 Å². The Labute approximate surface area is 292 Å². The zero-order valence-electron chi connectivity index (χ0n) is 27.4. The van der Waals surface area contributed by atoms with Gasteiger partial charge in [-0.25, -0.2) is 13.6 Å². The molecule has 0 bridgehead atoms. The lowest BCUT2D eigenvalue weighted by molar-refractivity contribution is -0.126. The Hall–Kier alpha value is -4.12. The zero-order chi connectivity index (χ0) is 34.6. The highest BCUT2D eigenvalue weighted by Gasteiger charge is 2.49. The molecule has 6 heterocycles. The van der Waals surface area contributed by atoms with E-state index in [-0.39, 0.29) is 51.0 Å². The minimum absolute atomic E-state index is 0.0684. The van der Waals surface area contributed by atoms with E-state index in [1.807, 2.05) is 11.8 Å². The van der Waals surface area contributed by atoms with Crippen LogP contribution >= 0.6 is 22.9 Å². The number of alkyl halides is 1. The minimum atomic E-state index is -0.913. The smallest absolute Gasteiger partial charge is 0.319 e. The SMILES string of the molecule is [C-]#[N+]c1c(N)sc2c(F)ccc(-c3ncc4c(N(CC)C5CCN(C(=O)C=C)C5CC)nc(OCC56CCCN5CC(F)C6)nc4c3Cl)c12. The number of ether oxygens (including phenoxy) is 1. The van der Waals surface area contributed by atoms with Crippen LogP contribution in [0.2, 0.25) is 5.02 Å². The van der Waals surface area contributed by atoms with Gasteiger partial charge in [0, 0.05) is 43.2 Å². The number of aromatic nitrogens is 3. The Bertz CT molecular complexity index is 2020. The van der Waals surface area contributed by atoms with E-state index >= 15 is 0 Å². The lowest BCUT2D eigenvalue weighted by Gasteiger charge is -2.35. The molecule has 4 atom stereocenters. The quantitative estimate of drug-likeness (QED) is 0.144. The summed E-state index contributed by atoms with van der Waals surface area (Å²) >= 11 is 8.20. The van der Waals surface area contributed by atoms with Gasteiger partial charge >= 0.3 is 6.01 Å². The molecule has 14 heteroatoms. The summed E-state index contributed by atoms with van der Waals surface area (Å²) in [5.41, 5.74) is 6.99. The fraction of sp³-hybridized carbons (Fsp3) is 0.457. The monoisotopic (exact) mass is 706 g/mol. The molecule has 10 nitrogen and oxygen atoms in total. The third-order valence-electron chi connectivity index (χ3n) is 10.4. The second-order valence-electron chi connectivity index (χ2n) is 13.0. The number of carbonyl (C=O) groups is 1. The van der Waals surface area contributed by atoms with Crippen molar-refractivity contribution in [1.29, 1.82) is 0 Å². The third-order valence-corrected chi connectivity index (χ3v) is 11.8. The maximum Gasteiger partial charge on any atom is 0.319 e. The summed E-state index contributed by atoms with van der Waals surface area (Å²) in [7, 11) is 0. The molecule has 1 aromatic carbocycles. The first-order valence-electron chi connectivity index (χ1n) is 16.6. The fourth-order valence-electron chi connectivity index (χ4n) is 8.25. The molecule has 3 fully saturated rings. The fourth-order valence-corrected chi connectivity index (χ4v) is 9.48. The first-order valence-corrected chi connectivity index (χ1v) is 17.8. The van der Waals surface area contributed by atoms with Gasteiger partial charge in [0.1, 0.15) is 29.9 Å². The van der Waals surface area contributed by atoms with Crippen LogP contribution < -0.4 is 15.4 Å². The Morgan fingerprint density at radius 2 is 2.16 bits per heavy atom. The van der Waals surface area contributed by atoms with Crippen molar-refractivity contribution in [2.24, 2.45) is 0 Å². The highest BCUT2D eigenvalue weighted by Crippen LogP contribution is 2.48. The number of likely N-dealkylation sites (N-methyl/N-ethyl adjacent to an activating group) is 1. The number of pyridine rings is 1. The van der Waals surface area contributed by atoms with Crippen molar-refractivity contribution in [3.05, 3.63) is 53.2 Å². The molecule has 3 aliphatic rings. The first kappa shape index (κ1) is 33.4. The van der Waals surface area contributed by atoms with Crippen LogP contribution in [0.15, 0.2) is 31.0 Å². The zero-order valence-corrected chi connectivity index (χ0v) is 29.0. The van der Waals surface area contributed by atoms with E-state index in [2.05, 4.69) is 28.1 Å². The van der Waals surface area contributed by atoms with Crippen LogP contribution in [0.3, 0.4) is 0 Å². The number of likely N-dealkylation sites (tertiary alicyclic amines) is 1. The van der Waals surface area contributed by atoms with Crippen LogP contribution in [0.25, 0.3) is 37.1 Å². The molecular formula is C35H37ClF2N8O2S. The van der Waals surface area contributed by atoms with E-state index in [1.54, 1.807) is 12.3 Å². The summed E-state index contributed by atoms with van der Waals surface area (Å²) in [4.78, 5) is 37.1. The lowest BCUT2D eigenvalue weighted by atomic mass is 9.95. The van der Waals surface area contributed by atoms with Crippen LogP contribution in [0.4, 0.5) is 25.3 Å². The second kappa shape index (κ2) is 13.0. The van der Waals surface area contributed by atoms with E-state index in [0.717, 1.165) is 43.6 Å². The summed E-state index contributed by atoms with van der Waals surface area (Å²) in [6.45, 7) is 18.1. The average Bonchev–Trinajstić information content (AvgIpc) is 3.85. The third kappa shape index (κ3) is 5.45. The minimum Gasteiger partial charge on any atom is -0.461 e. The number of halogens is 3. The van der Waals surface area contributed by atoms with E-state index < -0.39 is 17.5 Å². The molecule has 2 N–H and O–H groups in total. The number of thiophene rings is 1.